The van der Waals surface area contributed by atoms with Gasteiger partial charge in [-0.3, -0.25) is 19.3 Å². The first-order chi connectivity index (χ1) is 16.9. The molecule has 5 rings (SSSR count). The Morgan fingerprint density at radius 3 is 2.53 bits per heavy atom. The smallest absolute Gasteiger partial charge is 0.239 e. The highest BCUT2D eigenvalue weighted by molar-refractivity contribution is 7.92. The molecular formula is C24H24FN3O6S2. The number of hydrogen-bond donors (Lipinski definition) is 1. The van der Waals surface area contributed by atoms with E-state index in [0.717, 1.165) is 12.7 Å². The van der Waals surface area contributed by atoms with Crippen LogP contribution >= 0.6 is 0 Å². The molecule has 2 fully saturated rings. The van der Waals surface area contributed by atoms with Crippen molar-refractivity contribution in [3.8, 4) is 0 Å². The molecule has 2 aliphatic heterocycles. The second-order valence-electron chi connectivity index (χ2n) is 9.45. The molecule has 9 nitrogen and oxygen atoms in total. The van der Waals surface area contributed by atoms with Gasteiger partial charge in [-0.1, -0.05) is 18.6 Å². The summed E-state index contributed by atoms with van der Waals surface area (Å²) in [6, 6.07) is 9.40. The predicted molar refractivity (Wildman–Crippen MR) is 131 cm³/mol. The SMILES string of the molecule is CS(=O)(=O)Nc1ccc2c(c1)S(=O)(=O)CC(C1C(=O)C3CCCC3N(Cc3ccc(F)cc3)C1=O)=N2. The number of piperidine rings is 1. The highest BCUT2D eigenvalue weighted by Gasteiger charge is 2.52. The number of sulfone groups is 1. The molecule has 0 bridgehead atoms. The number of amides is 1. The minimum absolute atomic E-state index is 0.0317. The van der Waals surface area contributed by atoms with Gasteiger partial charge in [0.05, 0.1) is 28.3 Å². The van der Waals surface area contributed by atoms with Crippen molar-refractivity contribution >= 4 is 48.6 Å². The van der Waals surface area contributed by atoms with Gasteiger partial charge in [-0.15, -0.1) is 0 Å². The van der Waals surface area contributed by atoms with Crippen molar-refractivity contribution in [3.05, 3.63) is 53.8 Å². The Balaban J connectivity index is 1.52. The number of fused-ring (bicyclic) bond motifs is 2. The summed E-state index contributed by atoms with van der Waals surface area (Å²) >= 11 is 0. The van der Waals surface area contributed by atoms with Gasteiger partial charge in [-0.25, -0.2) is 21.2 Å². The lowest BCUT2D eigenvalue weighted by Gasteiger charge is -2.41. The zero-order valence-electron chi connectivity index (χ0n) is 19.3. The van der Waals surface area contributed by atoms with Gasteiger partial charge in [0.2, 0.25) is 15.9 Å². The highest BCUT2D eigenvalue weighted by Crippen LogP contribution is 2.41. The topological polar surface area (TPSA) is 130 Å². The Morgan fingerprint density at radius 1 is 1.11 bits per heavy atom. The minimum Gasteiger partial charge on any atom is -0.334 e. The minimum atomic E-state index is -4.00. The van der Waals surface area contributed by atoms with E-state index in [-0.39, 0.29) is 40.4 Å². The van der Waals surface area contributed by atoms with Crippen molar-refractivity contribution in [2.45, 2.75) is 36.7 Å². The number of nitrogens with one attached hydrogen (secondary N) is 1. The fourth-order valence-electron chi connectivity index (χ4n) is 5.34. The average molecular weight is 534 g/mol. The van der Waals surface area contributed by atoms with Crippen LogP contribution in [0.3, 0.4) is 0 Å². The number of carbonyl (C=O) groups is 2. The molecule has 0 spiro atoms. The molecule has 1 N–H and O–H groups in total. The first-order valence-corrected chi connectivity index (χ1v) is 15.0. The van der Waals surface area contributed by atoms with E-state index in [1.54, 1.807) is 17.0 Å². The van der Waals surface area contributed by atoms with Crippen LogP contribution in [0.2, 0.25) is 0 Å². The Kier molecular flexibility index (Phi) is 5.98. The third-order valence-electron chi connectivity index (χ3n) is 6.86. The third-order valence-corrected chi connectivity index (χ3v) is 9.14. The number of ketones is 1. The number of Topliss-reactive ketones (excluding diaryl/α,β-unsaturated/α-hetero) is 1. The maximum Gasteiger partial charge on any atom is 0.239 e. The van der Waals surface area contributed by atoms with Crippen LogP contribution in [-0.2, 0) is 36.0 Å². The fraction of sp³-hybridized carbons (Fsp3) is 0.375. The van der Waals surface area contributed by atoms with Gasteiger partial charge in [0, 0.05) is 24.2 Å². The quantitative estimate of drug-likeness (QED) is 0.588. The molecule has 0 radical (unpaired) electrons. The molecule has 3 unspecified atom stereocenters. The molecular weight excluding hydrogens is 509 g/mol. The number of carbonyl (C=O) groups excluding carboxylic acids is 2. The average Bonchev–Trinajstić information content (AvgIpc) is 3.27. The zero-order valence-corrected chi connectivity index (χ0v) is 21.0. The number of hydrogen-bond acceptors (Lipinski definition) is 7. The zero-order chi connectivity index (χ0) is 25.8. The molecule has 1 aliphatic carbocycles. The van der Waals surface area contributed by atoms with Gasteiger partial charge in [0.1, 0.15) is 11.7 Å². The summed E-state index contributed by atoms with van der Waals surface area (Å²) in [5.41, 5.74) is 0.797. The van der Waals surface area contributed by atoms with Crippen LogP contribution in [0.15, 0.2) is 52.4 Å². The Bertz CT molecular complexity index is 1500. The molecule has 190 valence electrons. The largest absolute Gasteiger partial charge is 0.334 e. The van der Waals surface area contributed by atoms with Gasteiger partial charge < -0.3 is 4.90 Å². The van der Waals surface area contributed by atoms with Crippen molar-refractivity contribution in [1.82, 2.24) is 4.90 Å². The molecule has 2 aromatic carbocycles. The molecule has 36 heavy (non-hydrogen) atoms. The number of aliphatic imine (C=N–C) groups is 1. The van der Waals surface area contributed by atoms with Gasteiger partial charge in [0.25, 0.3) is 0 Å². The lowest BCUT2D eigenvalue weighted by Crippen LogP contribution is -2.57. The van der Waals surface area contributed by atoms with Crippen LogP contribution in [-0.4, -0.2) is 57.2 Å². The molecule has 1 saturated heterocycles. The van der Waals surface area contributed by atoms with Crippen LogP contribution in [0.5, 0.6) is 0 Å². The number of likely N-dealkylation sites (tertiary alicyclic amines) is 1. The molecule has 12 heteroatoms. The second kappa shape index (κ2) is 8.77. The Morgan fingerprint density at radius 2 is 1.83 bits per heavy atom. The lowest BCUT2D eigenvalue weighted by molar-refractivity contribution is -0.149. The summed E-state index contributed by atoms with van der Waals surface area (Å²) in [5, 5.41) is 0. The predicted octanol–water partition coefficient (Wildman–Crippen LogP) is 2.45. The molecule has 0 aromatic heterocycles. The molecule has 2 heterocycles. The fourth-order valence-corrected chi connectivity index (χ4v) is 7.41. The number of anilines is 1. The molecule has 1 amide bonds. The Hall–Kier alpha value is -3.12. The monoisotopic (exact) mass is 533 g/mol. The highest BCUT2D eigenvalue weighted by atomic mass is 32.2. The van der Waals surface area contributed by atoms with Crippen molar-refractivity contribution in [1.29, 1.82) is 0 Å². The Labute approximate surface area is 208 Å². The van der Waals surface area contributed by atoms with Crippen molar-refractivity contribution in [3.63, 3.8) is 0 Å². The van der Waals surface area contributed by atoms with Gasteiger partial charge in [-0.05, 0) is 48.7 Å². The summed E-state index contributed by atoms with van der Waals surface area (Å²) in [6.07, 6.45) is 2.99. The van der Waals surface area contributed by atoms with Crippen molar-refractivity contribution in [2.24, 2.45) is 16.8 Å². The third kappa shape index (κ3) is 4.55. The lowest BCUT2D eigenvalue weighted by atomic mass is 9.80. The van der Waals surface area contributed by atoms with Crippen molar-refractivity contribution < 1.29 is 30.8 Å². The first-order valence-electron chi connectivity index (χ1n) is 11.4. The molecule has 3 atom stereocenters. The van der Waals surface area contributed by atoms with Crippen LogP contribution < -0.4 is 4.72 Å². The van der Waals surface area contributed by atoms with E-state index in [0.29, 0.717) is 18.4 Å². The molecule has 1 saturated carbocycles. The normalized spacial score (nSPS) is 25.2. The number of halogens is 1. The van der Waals surface area contributed by atoms with Crippen molar-refractivity contribution in [2.75, 3.05) is 16.7 Å². The van der Waals surface area contributed by atoms with Gasteiger partial charge >= 0.3 is 0 Å². The van der Waals surface area contributed by atoms with E-state index in [9.17, 15) is 30.8 Å². The summed E-state index contributed by atoms with van der Waals surface area (Å²) in [5.74, 6) is -3.56. The van der Waals surface area contributed by atoms with Gasteiger partial charge in [0.15, 0.2) is 15.6 Å². The van der Waals surface area contributed by atoms with E-state index in [1.165, 1.54) is 30.3 Å². The van der Waals surface area contributed by atoms with E-state index in [2.05, 4.69) is 9.71 Å². The maximum absolute atomic E-state index is 13.7. The van der Waals surface area contributed by atoms with E-state index < -0.39 is 49.2 Å². The molecule has 2 aromatic rings. The molecule has 3 aliphatic rings. The first kappa shape index (κ1) is 24.6. The van der Waals surface area contributed by atoms with E-state index in [1.807, 2.05) is 0 Å². The summed E-state index contributed by atoms with van der Waals surface area (Å²) in [7, 11) is -7.62. The maximum atomic E-state index is 13.7. The van der Waals surface area contributed by atoms with E-state index in [4.69, 9.17) is 0 Å². The standard InChI is InChI=1S/C24H24FN3O6S2/c1-35(31,32)27-16-9-10-18-21(11-16)36(33,34)13-19(26-18)22-23(29)17-3-2-4-20(17)28(24(22)30)12-14-5-7-15(25)8-6-14/h5-11,17,20,22,27H,2-4,12-13H2,1H3. The summed E-state index contributed by atoms with van der Waals surface area (Å²) in [4.78, 5) is 33.0. The number of sulfonamides is 1. The number of benzene rings is 2. The van der Waals surface area contributed by atoms with Crippen LogP contribution in [0, 0.1) is 17.7 Å². The number of rotatable bonds is 5. The van der Waals surface area contributed by atoms with Crippen LogP contribution in [0.4, 0.5) is 15.8 Å². The summed E-state index contributed by atoms with van der Waals surface area (Å²) in [6.45, 7) is 0.182. The van der Waals surface area contributed by atoms with Crippen LogP contribution in [0.1, 0.15) is 24.8 Å². The van der Waals surface area contributed by atoms with Gasteiger partial charge in [-0.2, -0.15) is 0 Å². The second-order valence-corrected chi connectivity index (χ2v) is 13.2. The van der Waals surface area contributed by atoms with Crippen LogP contribution in [0.25, 0.3) is 0 Å². The number of nitrogens with zero attached hydrogens (tertiary/aromatic N) is 2. The van der Waals surface area contributed by atoms with E-state index >= 15 is 0 Å². The summed E-state index contributed by atoms with van der Waals surface area (Å²) < 4.78 is 65.0.